The lowest BCUT2D eigenvalue weighted by Crippen LogP contribution is -1.98. The van der Waals surface area contributed by atoms with E-state index in [-0.39, 0.29) is 0 Å². The fourth-order valence-corrected chi connectivity index (χ4v) is 16.3. The van der Waals surface area contributed by atoms with E-state index in [0.717, 1.165) is 94.6 Å². The molecule has 5 nitrogen and oxygen atoms in total. The average Bonchev–Trinajstić information content (AvgIpc) is 0.753. The Kier molecular flexibility index (Phi) is 13.3. The molecule has 18 aromatic carbocycles. The van der Waals surface area contributed by atoms with E-state index >= 15 is 0 Å². The number of ether oxygens (including phenoxy) is 2. The molecule has 0 N–H and O–H groups in total. The lowest BCUT2D eigenvalue weighted by atomic mass is 9.86. The number of nitrogens with zero attached hydrogens (tertiary/aromatic N) is 3. The topological polar surface area (TPSA) is 78.9 Å². The van der Waals surface area contributed by atoms with E-state index in [1.807, 2.05) is 79.1 Å². The second-order valence-electron chi connectivity index (χ2n) is 26.5. The molecule has 19 aromatic rings. The van der Waals surface area contributed by atoms with Gasteiger partial charge in [-0.15, -0.1) is 0 Å². The summed E-state index contributed by atoms with van der Waals surface area (Å²) in [5, 5.41) is 40.6. The van der Waals surface area contributed by atoms with Crippen LogP contribution in [-0.4, -0.2) is 4.98 Å². The van der Waals surface area contributed by atoms with E-state index < -0.39 is 0 Å². The first-order valence-corrected chi connectivity index (χ1v) is 34.4. The van der Waals surface area contributed by atoms with Crippen LogP contribution >= 0.6 is 0 Å². The van der Waals surface area contributed by atoms with Crippen LogP contribution in [0.4, 0.5) is 0 Å². The van der Waals surface area contributed by atoms with Crippen LogP contribution in [-0.2, 0) is 0 Å². The van der Waals surface area contributed by atoms with E-state index in [9.17, 15) is 10.5 Å². The Balaban J connectivity index is 0.000000137. The van der Waals surface area contributed by atoms with Crippen molar-refractivity contribution < 1.29 is 9.47 Å². The molecule has 0 radical (unpaired) electrons. The summed E-state index contributed by atoms with van der Waals surface area (Å²) in [6, 6.07) is 119. The number of nitriles is 2. The highest BCUT2D eigenvalue weighted by Gasteiger charge is 2.25. The molecule has 0 atom stereocenters. The van der Waals surface area contributed by atoms with Gasteiger partial charge in [-0.25, -0.2) is 0 Å². The van der Waals surface area contributed by atoms with Gasteiger partial charge >= 0.3 is 0 Å². The largest absolute Gasteiger partial charge is 0.456 e. The van der Waals surface area contributed by atoms with Gasteiger partial charge in [-0.3, -0.25) is 4.98 Å². The fourth-order valence-electron chi connectivity index (χ4n) is 16.3. The highest BCUT2D eigenvalue weighted by atomic mass is 16.5. The number of benzene rings is 18. The number of aromatic nitrogens is 1. The highest BCUT2D eigenvalue weighted by molar-refractivity contribution is 6.26. The number of pyridine rings is 1. The quantitative estimate of drug-likeness (QED) is 0.155. The molecule has 2 aliphatic rings. The molecule has 0 aliphatic carbocycles. The molecule has 5 heteroatoms. The third-order valence-electron chi connectivity index (χ3n) is 21.1. The second kappa shape index (κ2) is 23.4. The Hall–Kier alpha value is -14.0. The van der Waals surface area contributed by atoms with Crippen molar-refractivity contribution in [3.05, 3.63) is 345 Å². The van der Waals surface area contributed by atoms with Gasteiger partial charge in [-0.1, -0.05) is 243 Å². The molecule has 3 heterocycles. The van der Waals surface area contributed by atoms with Crippen LogP contribution in [0.1, 0.15) is 11.1 Å². The fraction of sp³-hybridized carbons (Fsp3) is 0. The van der Waals surface area contributed by atoms with Crippen molar-refractivity contribution >= 4 is 97.0 Å². The molecule has 21 rings (SSSR count). The summed E-state index contributed by atoms with van der Waals surface area (Å²) in [5.74, 6) is 3.22. The zero-order valence-electron chi connectivity index (χ0n) is 54.9. The lowest BCUT2D eigenvalue weighted by Gasteiger charge is -2.22. The van der Waals surface area contributed by atoms with Crippen LogP contribution in [0.2, 0.25) is 0 Å². The SMILES string of the molecule is N#Cc1ccc2c3c(cccc13)Oc1cc(-c3ccc(-c4cc5c6ccccc6c(-c6cccc7ccccc67)cc5c5ccccc45)cc3)ccc1-2.N#Cc1ccc2c3c(cccc13)Oc1cc(-c3ccc(-c4cc5c6ccccc6c(-c6cccnc6)cc5c5ccccc45)cc3)ccc1-2. The number of rotatable bonds is 6. The van der Waals surface area contributed by atoms with Crippen molar-refractivity contribution in [2.24, 2.45) is 0 Å². The van der Waals surface area contributed by atoms with Crippen molar-refractivity contribution in [2.75, 3.05) is 0 Å². The third kappa shape index (κ3) is 9.27. The van der Waals surface area contributed by atoms with Crippen molar-refractivity contribution in [3.8, 4) is 124 Å². The van der Waals surface area contributed by atoms with E-state index in [1.165, 1.54) is 114 Å². The van der Waals surface area contributed by atoms with Gasteiger partial charge in [0.2, 0.25) is 0 Å². The summed E-state index contributed by atoms with van der Waals surface area (Å²) < 4.78 is 12.9. The molecule has 0 saturated carbocycles. The summed E-state index contributed by atoms with van der Waals surface area (Å²) in [4.78, 5) is 4.42. The van der Waals surface area contributed by atoms with Gasteiger partial charge in [0.1, 0.15) is 23.0 Å². The van der Waals surface area contributed by atoms with Crippen LogP contribution < -0.4 is 9.47 Å². The Bertz CT molecular complexity index is 6880. The van der Waals surface area contributed by atoms with Crippen molar-refractivity contribution in [1.29, 1.82) is 10.5 Å². The first-order valence-electron chi connectivity index (χ1n) is 34.4. The Morgan fingerprint density at radius 3 is 1.03 bits per heavy atom. The molecule has 0 spiro atoms. The number of hydrogen-bond donors (Lipinski definition) is 0. The first kappa shape index (κ1) is 58.2. The van der Waals surface area contributed by atoms with Gasteiger partial charge in [0.05, 0.1) is 23.3 Å². The van der Waals surface area contributed by atoms with Crippen molar-refractivity contribution in [2.45, 2.75) is 0 Å². The summed E-state index contributed by atoms with van der Waals surface area (Å²) in [7, 11) is 0. The van der Waals surface area contributed by atoms with E-state index in [2.05, 4.69) is 272 Å². The van der Waals surface area contributed by atoms with Gasteiger partial charge in [0, 0.05) is 50.6 Å². The molecule has 470 valence electrons. The summed E-state index contributed by atoms with van der Waals surface area (Å²) in [6.07, 6.45) is 3.77. The summed E-state index contributed by atoms with van der Waals surface area (Å²) >= 11 is 0. The van der Waals surface area contributed by atoms with Gasteiger partial charge < -0.3 is 9.47 Å². The Morgan fingerprint density at radius 1 is 0.216 bits per heavy atom. The second-order valence-corrected chi connectivity index (χ2v) is 26.5. The standard InChI is InChI=1S/C51H29NO.C46H26N2O/c52-30-35-24-26-44-43-25-23-34(27-50(43)53-49-18-8-16-37(35)51(44)49)31-19-21-33(22-20-31)45-28-47-42-15-6-5-14-41(42)46(29-48(47)40-13-4-3-12-39(40)45)38-17-7-10-32-9-1-2-11-36(32)38;47-26-31-19-21-39-38-20-18-30(23-45(38)49-44-13-5-12-33(31)46(39)44)28-14-16-29(17-15-28)40-24-42-37-11-4-2-9-35(37)41(32-7-6-22-48-27-32)25-43(42)36-10-3-1-8-34(36)40/h1-29H;1-25,27H. The molecule has 0 unspecified atom stereocenters. The van der Waals surface area contributed by atoms with Gasteiger partial charge in [0.25, 0.3) is 0 Å². The minimum atomic E-state index is 0.659. The van der Waals surface area contributed by atoms with Crippen LogP contribution in [0.5, 0.6) is 23.0 Å². The van der Waals surface area contributed by atoms with Crippen LogP contribution in [0, 0.1) is 22.7 Å². The Morgan fingerprint density at radius 2 is 0.578 bits per heavy atom. The Labute approximate surface area is 587 Å². The maximum atomic E-state index is 9.69. The first-order chi connectivity index (χ1) is 50.5. The third-order valence-corrected chi connectivity index (χ3v) is 21.1. The molecular formula is C97H55N3O2. The van der Waals surface area contributed by atoms with Crippen molar-refractivity contribution in [3.63, 3.8) is 0 Å². The van der Waals surface area contributed by atoms with Gasteiger partial charge in [0.15, 0.2) is 0 Å². The maximum absolute atomic E-state index is 9.69. The smallest absolute Gasteiger partial charge is 0.135 e. The molecule has 0 saturated heterocycles. The van der Waals surface area contributed by atoms with E-state index in [1.54, 1.807) is 0 Å². The van der Waals surface area contributed by atoms with Crippen LogP contribution in [0.25, 0.3) is 186 Å². The molecule has 0 fully saturated rings. The molecule has 2 aliphatic heterocycles. The van der Waals surface area contributed by atoms with Crippen molar-refractivity contribution in [1.82, 2.24) is 4.98 Å². The normalized spacial score (nSPS) is 11.9. The monoisotopic (exact) mass is 1290 g/mol. The summed E-state index contributed by atoms with van der Waals surface area (Å²) in [6.45, 7) is 0. The number of hydrogen-bond acceptors (Lipinski definition) is 5. The summed E-state index contributed by atoms with van der Waals surface area (Å²) in [5.41, 5.74) is 19.6. The predicted octanol–water partition coefficient (Wildman–Crippen LogP) is 26.4. The van der Waals surface area contributed by atoms with Crippen LogP contribution in [0.3, 0.4) is 0 Å². The molecular weight excluding hydrogens is 1240 g/mol. The maximum Gasteiger partial charge on any atom is 0.135 e. The van der Waals surface area contributed by atoms with Crippen LogP contribution in [0.15, 0.2) is 334 Å². The van der Waals surface area contributed by atoms with E-state index in [4.69, 9.17) is 9.47 Å². The molecule has 0 bridgehead atoms. The minimum Gasteiger partial charge on any atom is -0.456 e. The predicted molar refractivity (Wildman–Crippen MR) is 421 cm³/mol. The van der Waals surface area contributed by atoms with Gasteiger partial charge in [-0.05, 0) is 227 Å². The molecule has 0 amide bonds. The average molecular weight is 1290 g/mol. The zero-order valence-corrected chi connectivity index (χ0v) is 54.9. The van der Waals surface area contributed by atoms with Gasteiger partial charge in [-0.2, -0.15) is 10.5 Å². The highest BCUT2D eigenvalue weighted by Crippen LogP contribution is 2.52. The number of fused-ring (bicyclic) bond motifs is 15. The molecule has 102 heavy (non-hydrogen) atoms. The molecule has 1 aromatic heterocycles. The minimum absolute atomic E-state index is 0.659. The zero-order chi connectivity index (χ0) is 67.5. The van der Waals surface area contributed by atoms with E-state index in [0.29, 0.717) is 11.1 Å². The lowest BCUT2D eigenvalue weighted by molar-refractivity contribution is 0.487.